The molecule has 1 heterocycles. The van der Waals surface area contributed by atoms with Crippen molar-refractivity contribution in [3.63, 3.8) is 0 Å². The van der Waals surface area contributed by atoms with Crippen LogP contribution in [-0.4, -0.2) is 0 Å². The fraction of sp³-hybridized carbons (Fsp3) is 0.00971. The van der Waals surface area contributed by atoms with Crippen molar-refractivity contribution < 1.29 is 0 Å². The average Bonchev–Trinajstić information content (AvgIpc) is 1.49. The summed E-state index contributed by atoms with van der Waals surface area (Å²) in [6, 6.07) is 148. The molecule has 0 saturated carbocycles. The van der Waals surface area contributed by atoms with E-state index in [0.717, 1.165) is 0 Å². The molecular formula is C103H66S. The van der Waals surface area contributed by atoms with Crippen LogP contribution >= 0.6 is 11.3 Å². The molecule has 19 aromatic rings. The molecule has 0 fully saturated rings. The number of hydrogen-bond donors (Lipinski definition) is 0. The van der Waals surface area contributed by atoms with Crippen LogP contribution in [0.25, 0.3) is 175 Å². The Morgan fingerprint density at radius 3 is 0.942 bits per heavy atom. The largest absolute Gasteiger partial charge is 0.135 e. The Morgan fingerprint density at radius 1 is 0.154 bits per heavy atom. The predicted molar refractivity (Wildman–Crippen MR) is 444 cm³/mol. The van der Waals surface area contributed by atoms with Gasteiger partial charge >= 0.3 is 0 Å². The van der Waals surface area contributed by atoms with Crippen LogP contribution in [0.15, 0.2) is 400 Å². The van der Waals surface area contributed by atoms with Crippen molar-refractivity contribution >= 4 is 63.8 Å². The molecule has 1 aromatic heterocycles. The zero-order chi connectivity index (χ0) is 68.7. The van der Waals surface area contributed by atoms with E-state index < -0.39 is 5.41 Å². The van der Waals surface area contributed by atoms with E-state index >= 15 is 0 Å². The normalized spacial score (nSPS) is 12.3. The van der Waals surface area contributed by atoms with Crippen LogP contribution in [0.4, 0.5) is 0 Å². The SMILES string of the molecule is c1cc(-c2cccc(-c3cccc4c3sc3ccccc34)c2)cc(-c2ccc3c4ccccc4c4ccccc4c3c2)c1.c1ccc(-c2ccc3c(c2)C2(c4cc(-c5ccccc5)ccc4-c4c(-c5ccccc5)cc(-c5ccccc5)cc42)c2cc(-c4ccccc4)cc(-c4ccccc4)c2-3)cc1. The summed E-state index contributed by atoms with van der Waals surface area (Å²) < 4.78 is 2.69. The van der Waals surface area contributed by atoms with Crippen molar-refractivity contribution in [3.8, 4) is 122 Å². The predicted octanol–water partition coefficient (Wildman–Crippen LogP) is 28.5. The maximum absolute atomic E-state index is 2.53. The van der Waals surface area contributed by atoms with E-state index in [2.05, 4.69) is 400 Å². The molecular weight excluding hydrogens is 1270 g/mol. The minimum absolute atomic E-state index is 0.659. The van der Waals surface area contributed by atoms with Gasteiger partial charge in [-0.15, -0.1) is 11.3 Å². The molecule has 0 saturated heterocycles. The smallest absolute Gasteiger partial charge is 0.0726 e. The lowest BCUT2D eigenvalue weighted by Crippen LogP contribution is -2.26. The van der Waals surface area contributed by atoms with Gasteiger partial charge in [-0.25, -0.2) is 0 Å². The molecule has 1 heteroatoms. The summed E-state index contributed by atoms with van der Waals surface area (Å²) in [5.74, 6) is 0. The van der Waals surface area contributed by atoms with Crippen LogP contribution < -0.4 is 0 Å². The van der Waals surface area contributed by atoms with Crippen LogP contribution in [0.1, 0.15) is 22.3 Å². The number of rotatable bonds is 9. The van der Waals surface area contributed by atoms with Gasteiger partial charge in [0.15, 0.2) is 0 Å². The second-order valence-corrected chi connectivity index (χ2v) is 28.7. The third-order valence-electron chi connectivity index (χ3n) is 21.9. The first-order valence-corrected chi connectivity index (χ1v) is 36.8. The molecule has 0 aliphatic heterocycles. The third kappa shape index (κ3) is 10.1. The molecule has 2 aliphatic rings. The maximum Gasteiger partial charge on any atom is 0.0726 e. The molecule has 0 unspecified atom stereocenters. The minimum atomic E-state index is -0.659. The lowest BCUT2D eigenvalue weighted by molar-refractivity contribution is 0.795. The van der Waals surface area contributed by atoms with E-state index in [1.54, 1.807) is 0 Å². The highest BCUT2D eigenvalue weighted by atomic mass is 32.1. The first-order valence-electron chi connectivity index (χ1n) is 36.0. The summed E-state index contributed by atoms with van der Waals surface area (Å²) in [4.78, 5) is 0. The Balaban J connectivity index is 0.000000147. The lowest BCUT2D eigenvalue weighted by atomic mass is 9.68. The van der Waals surface area contributed by atoms with E-state index in [0.29, 0.717) is 0 Å². The first kappa shape index (κ1) is 60.9. The summed E-state index contributed by atoms with van der Waals surface area (Å²) >= 11 is 1.89. The minimum Gasteiger partial charge on any atom is -0.135 e. The molecule has 0 atom stereocenters. The van der Waals surface area contributed by atoms with E-state index in [4.69, 9.17) is 0 Å². The Hall–Kier alpha value is -13.0. The van der Waals surface area contributed by atoms with Crippen molar-refractivity contribution in [3.05, 3.63) is 423 Å². The van der Waals surface area contributed by atoms with Gasteiger partial charge in [0, 0.05) is 20.2 Å². The zero-order valence-electron chi connectivity index (χ0n) is 57.0. The van der Waals surface area contributed by atoms with Crippen LogP contribution in [-0.2, 0) is 5.41 Å². The van der Waals surface area contributed by atoms with Gasteiger partial charge in [-0.2, -0.15) is 0 Å². The van der Waals surface area contributed by atoms with E-state index in [9.17, 15) is 0 Å². The van der Waals surface area contributed by atoms with Crippen LogP contribution in [0.2, 0.25) is 0 Å². The number of fused-ring (bicyclic) bond motifs is 19. The maximum atomic E-state index is 2.53. The number of hydrogen-bond acceptors (Lipinski definition) is 1. The monoisotopic (exact) mass is 1330 g/mol. The fourth-order valence-electron chi connectivity index (χ4n) is 17.2. The topological polar surface area (TPSA) is 0 Å². The van der Waals surface area contributed by atoms with Crippen LogP contribution in [0.3, 0.4) is 0 Å². The second kappa shape index (κ2) is 25.2. The summed E-state index contributed by atoms with van der Waals surface area (Å²) in [7, 11) is 0. The molecule has 0 radical (unpaired) electrons. The van der Waals surface area contributed by atoms with Gasteiger partial charge in [-0.1, -0.05) is 340 Å². The van der Waals surface area contributed by atoms with E-state index in [-0.39, 0.29) is 0 Å². The van der Waals surface area contributed by atoms with Gasteiger partial charge in [-0.3, -0.25) is 0 Å². The summed E-state index contributed by atoms with van der Waals surface area (Å²) in [5.41, 5.74) is 31.9. The molecule has 0 N–H and O–H groups in total. The Kier molecular flexibility index (Phi) is 14.8. The van der Waals surface area contributed by atoms with Crippen LogP contribution in [0, 0.1) is 0 Å². The van der Waals surface area contributed by atoms with Crippen molar-refractivity contribution in [2.75, 3.05) is 0 Å². The van der Waals surface area contributed by atoms with Crippen LogP contribution in [0.5, 0.6) is 0 Å². The van der Waals surface area contributed by atoms with Gasteiger partial charge in [0.1, 0.15) is 0 Å². The van der Waals surface area contributed by atoms with Gasteiger partial charge < -0.3 is 0 Å². The van der Waals surface area contributed by atoms with Gasteiger partial charge in [0.05, 0.1) is 5.41 Å². The Morgan fingerprint density at radius 2 is 0.471 bits per heavy atom. The standard InChI is InChI=1S/C61H40.C42H26S/c1-7-19-41(20-8-1)47-31-33-51-55(37-47)61(57-39-49(43-23-11-3-12-24-43)35-53(59(51)57)45-27-15-5-16-28-45)56-38-48(42-21-9-2-10-22-42)32-34-52(56)60-54(46-29-17-6-18-30-46)36-50(40-58(60)61)44-25-13-4-14-26-44;1-2-16-35-33(14-1)34-15-3-4-17-36(34)40-26-30(22-23-37(35)40)28-11-7-10-27(24-28)29-12-8-13-31(25-29)32-19-9-20-39-38-18-5-6-21-41(38)43-42(32)39/h1-40H;1-26H. The van der Waals surface area contributed by atoms with Crippen molar-refractivity contribution in [2.24, 2.45) is 0 Å². The van der Waals surface area contributed by atoms with Gasteiger partial charge in [-0.05, 0) is 238 Å². The quantitative estimate of drug-likeness (QED) is 0.126. The molecule has 0 nitrogen and oxygen atoms in total. The molecule has 2 aliphatic carbocycles. The highest BCUT2D eigenvalue weighted by Gasteiger charge is 2.54. The second-order valence-electron chi connectivity index (χ2n) is 27.7. The summed E-state index contributed by atoms with van der Waals surface area (Å²) in [5, 5.41) is 10.5. The van der Waals surface area contributed by atoms with Gasteiger partial charge in [0.2, 0.25) is 0 Å². The molecule has 18 aromatic carbocycles. The molecule has 484 valence electrons. The third-order valence-corrected chi connectivity index (χ3v) is 23.1. The van der Waals surface area contributed by atoms with E-state index in [1.165, 1.54) is 197 Å². The highest BCUT2D eigenvalue weighted by molar-refractivity contribution is 7.26. The van der Waals surface area contributed by atoms with E-state index in [1.807, 2.05) is 11.3 Å². The fourth-order valence-corrected chi connectivity index (χ4v) is 18.4. The number of benzene rings is 18. The van der Waals surface area contributed by atoms with Crippen molar-refractivity contribution in [2.45, 2.75) is 5.41 Å². The molecule has 0 amide bonds. The first-order chi connectivity index (χ1) is 51.6. The van der Waals surface area contributed by atoms with Gasteiger partial charge in [0.25, 0.3) is 0 Å². The Labute approximate surface area is 610 Å². The van der Waals surface area contributed by atoms with Crippen molar-refractivity contribution in [1.82, 2.24) is 0 Å². The Bertz CT molecular complexity index is 6290. The molecule has 21 rings (SSSR count). The molecule has 0 bridgehead atoms. The average molecular weight is 1340 g/mol. The molecule has 104 heavy (non-hydrogen) atoms. The zero-order valence-corrected chi connectivity index (χ0v) is 57.8. The molecule has 1 spiro atoms. The number of thiophene rings is 1. The summed E-state index contributed by atoms with van der Waals surface area (Å²) in [6.07, 6.45) is 0. The highest BCUT2D eigenvalue weighted by Crippen LogP contribution is 2.67. The lowest BCUT2D eigenvalue weighted by Gasteiger charge is -2.32. The summed E-state index contributed by atoms with van der Waals surface area (Å²) in [6.45, 7) is 0. The van der Waals surface area contributed by atoms with Crippen molar-refractivity contribution in [1.29, 1.82) is 0 Å².